The van der Waals surface area contributed by atoms with Gasteiger partial charge >= 0.3 is 18.0 Å². The number of nitrogens with zero attached hydrogens (tertiary/aromatic N) is 2. The number of para-hydroxylation sites is 1. The number of nitrogens with one attached hydrogen (secondary N) is 2. The first kappa shape index (κ1) is 27.5. The largest absolute Gasteiger partial charge is 0.495 e. The molecule has 0 bridgehead atoms. The third-order valence-corrected chi connectivity index (χ3v) is 6.39. The summed E-state index contributed by atoms with van der Waals surface area (Å²) in [5.41, 5.74) is 1.43. The minimum absolute atomic E-state index is 0.0221. The number of aliphatic carboxylic acids is 1. The number of hydrogen-bond donors (Lipinski definition) is 3. The Morgan fingerprint density at radius 1 is 1.05 bits per heavy atom. The lowest BCUT2D eigenvalue weighted by molar-refractivity contribution is -0.148. The monoisotopic (exact) mass is 510 g/mol. The highest BCUT2D eigenvalue weighted by Crippen LogP contribution is 2.34. The van der Waals surface area contributed by atoms with Crippen molar-refractivity contribution < 1.29 is 29.0 Å². The summed E-state index contributed by atoms with van der Waals surface area (Å²) in [4.78, 5) is 53.1. The summed E-state index contributed by atoms with van der Waals surface area (Å²) in [5.74, 6) is -1.42. The molecule has 5 amide bonds. The molecule has 1 fully saturated rings. The molecule has 2 aromatic rings. The van der Waals surface area contributed by atoms with Gasteiger partial charge in [0.05, 0.1) is 12.8 Å². The van der Waals surface area contributed by atoms with E-state index in [1.54, 1.807) is 38.1 Å². The summed E-state index contributed by atoms with van der Waals surface area (Å²) in [6.07, 6.45) is 0.162. The number of benzene rings is 2. The molecule has 1 atom stereocenters. The maximum Gasteiger partial charge on any atom is 0.328 e. The predicted molar refractivity (Wildman–Crippen MR) is 140 cm³/mol. The molecular formula is C27H34N4O6. The van der Waals surface area contributed by atoms with Crippen molar-refractivity contribution in [2.45, 2.75) is 59.2 Å². The second-order valence-electron chi connectivity index (χ2n) is 10.0. The summed E-state index contributed by atoms with van der Waals surface area (Å²) in [5, 5.41) is 15.3. The van der Waals surface area contributed by atoms with Crippen molar-refractivity contribution in [3.63, 3.8) is 0 Å². The molecule has 10 heteroatoms. The van der Waals surface area contributed by atoms with Crippen LogP contribution in [0.5, 0.6) is 5.75 Å². The van der Waals surface area contributed by atoms with Crippen LogP contribution in [0.25, 0.3) is 0 Å². The first-order valence-corrected chi connectivity index (χ1v) is 12.1. The third kappa shape index (κ3) is 5.84. The van der Waals surface area contributed by atoms with Crippen molar-refractivity contribution >= 4 is 35.3 Å². The number of methoxy groups -OCH3 is 1. The van der Waals surface area contributed by atoms with Crippen LogP contribution in [0.4, 0.5) is 21.0 Å². The Bertz CT molecular complexity index is 1210. The quantitative estimate of drug-likeness (QED) is 0.420. The van der Waals surface area contributed by atoms with Crippen molar-refractivity contribution in [3.05, 3.63) is 53.6 Å². The zero-order valence-corrected chi connectivity index (χ0v) is 22.0. The molecule has 1 aliphatic rings. The number of aryl methyl sites for hydroxylation is 1. The number of urea groups is 2. The minimum atomic E-state index is -1.24. The molecule has 0 aliphatic carbocycles. The van der Waals surface area contributed by atoms with Gasteiger partial charge < -0.3 is 25.4 Å². The van der Waals surface area contributed by atoms with Crippen LogP contribution in [-0.2, 0) is 16.1 Å². The van der Waals surface area contributed by atoms with Gasteiger partial charge in [0.2, 0.25) is 0 Å². The molecule has 37 heavy (non-hydrogen) atoms. The number of carboxylic acid groups (broad SMARTS) is 1. The molecule has 1 aliphatic heterocycles. The van der Waals surface area contributed by atoms with E-state index in [0.717, 1.165) is 10.5 Å². The molecule has 3 N–H and O–H groups in total. The third-order valence-electron chi connectivity index (χ3n) is 6.39. The maximum atomic E-state index is 13.3. The molecule has 198 valence electrons. The van der Waals surface area contributed by atoms with E-state index in [2.05, 4.69) is 10.6 Å². The summed E-state index contributed by atoms with van der Waals surface area (Å²) in [6.45, 7) is 8.82. The van der Waals surface area contributed by atoms with Crippen LogP contribution in [0.15, 0.2) is 42.5 Å². The fourth-order valence-corrected chi connectivity index (χ4v) is 4.28. The highest BCUT2D eigenvalue weighted by atomic mass is 16.5. The predicted octanol–water partition coefficient (Wildman–Crippen LogP) is 4.69. The van der Waals surface area contributed by atoms with Crippen molar-refractivity contribution in [1.82, 2.24) is 9.80 Å². The van der Waals surface area contributed by atoms with E-state index < -0.39 is 35.5 Å². The van der Waals surface area contributed by atoms with Crippen LogP contribution in [0.3, 0.4) is 0 Å². The Morgan fingerprint density at radius 2 is 1.70 bits per heavy atom. The van der Waals surface area contributed by atoms with Crippen molar-refractivity contribution in [3.8, 4) is 5.75 Å². The zero-order chi connectivity index (χ0) is 27.5. The highest BCUT2D eigenvalue weighted by Gasteiger charge is 2.54. The van der Waals surface area contributed by atoms with E-state index in [1.807, 2.05) is 39.0 Å². The van der Waals surface area contributed by atoms with Crippen LogP contribution >= 0.6 is 0 Å². The van der Waals surface area contributed by atoms with Crippen molar-refractivity contribution in [1.29, 1.82) is 0 Å². The molecule has 0 spiro atoms. The molecule has 0 aromatic heterocycles. The number of ether oxygens (including phenoxy) is 1. The molecule has 1 heterocycles. The van der Waals surface area contributed by atoms with E-state index in [4.69, 9.17) is 4.74 Å². The van der Waals surface area contributed by atoms with E-state index in [1.165, 1.54) is 12.0 Å². The number of carbonyl (C=O) groups is 4. The van der Waals surface area contributed by atoms with Crippen LogP contribution in [0.2, 0.25) is 0 Å². The van der Waals surface area contributed by atoms with Gasteiger partial charge in [-0.3, -0.25) is 4.79 Å². The van der Waals surface area contributed by atoms with Gasteiger partial charge in [-0.05, 0) is 62.4 Å². The highest BCUT2D eigenvalue weighted by molar-refractivity contribution is 6.09. The van der Waals surface area contributed by atoms with Crippen LogP contribution in [0.1, 0.15) is 45.2 Å². The topological polar surface area (TPSA) is 128 Å². The fourth-order valence-electron chi connectivity index (χ4n) is 4.28. The van der Waals surface area contributed by atoms with Crippen LogP contribution < -0.4 is 15.4 Å². The molecular weight excluding hydrogens is 476 g/mol. The average molecular weight is 511 g/mol. The van der Waals surface area contributed by atoms with E-state index in [0.29, 0.717) is 22.7 Å². The van der Waals surface area contributed by atoms with Gasteiger partial charge in [0, 0.05) is 12.2 Å². The summed E-state index contributed by atoms with van der Waals surface area (Å²) < 4.78 is 5.46. The number of hydrogen-bond acceptors (Lipinski definition) is 5. The Kier molecular flexibility index (Phi) is 8.10. The SMILES string of the molecule is COc1cc(CN2C(=O)N(C(CC(C)C)C(=O)O)C(=O)C2(C)C)ccc1NC(=O)Nc1ccccc1C. The van der Waals surface area contributed by atoms with Gasteiger partial charge in [0.1, 0.15) is 17.3 Å². The molecule has 1 saturated heterocycles. The number of rotatable bonds is 9. The second-order valence-corrected chi connectivity index (χ2v) is 10.0. The van der Waals surface area contributed by atoms with Gasteiger partial charge in [-0.1, -0.05) is 38.1 Å². The lowest BCUT2D eigenvalue weighted by atomic mass is 10.00. The second kappa shape index (κ2) is 10.9. The van der Waals surface area contributed by atoms with Crippen LogP contribution in [-0.4, -0.2) is 57.5 Å². The van der Waals surface area contributed by atoms with Gasteiger partial charge in [0.15, 0.2) is 0 Å². The standard InChI is InChI=1S/C27H34N4O6/c1-16(2)13-21(23(32)33)31-24(34)27(4,5)30(26(31)36)15-18-11-12-20(22(14-18)37-6)29-25(35)28-19-10-8-7-9-17(19)3/h7-12,14,16,21H,13,15H2,1-6H3,(H,32,33)(H2,28,29,35). The summed E-state index contributed by atoms with van der Waals surface area (Å²) in [6, 6.07) is 10.1. The lowest BCUT2D eigenvalue weighted by Crippen LogP contribution is -2.47. The Labute approximate surface area is 216 Å². The number of carbonyl (C=O) groups excluding carboxylic acids is 3. The molecule has 10 nitrogen and oxygen atoms in total. The van der Waals surface area contributed by atoms with Crippen molar-refractivity contribution in [2.24, 2.45) is 5.92 Å². The van der Waals surface area contributed by atoms with Crippen LogP contribution in [0, 0.1) is 12.8 Å². The van der Waals surface area contributed by atoms with E-state index in [9.17, 15) is 24.3 Å². The Balaban J connectivity index is 1.80. The Hall–Kier alpha value is -4.08. The average Bonchev–Trinajstić information content (AvgIpc) is 2.98. The first-order chi connectivity index (χ1) is 17.4. The van der Waals surface area contributed by atoms with Gasteiger partial charge in [-0.25, -0.2) is 19.3 Å². The smallest absolute Gasteiger partial charge is 0.328 e. The van der Waals surface area contributed by atoms with E-state index >= 15 is 0 Å². The number of anilines is 2. The summed E-state index contributed by atoms with van der Waals surface area (Å²) >= 11 is 0. The molecule has 0 radical (unpaired) electrons. The van der Waals surface area contributed by atoms with Gasteiger partial charge in [-0.2, -0.15) is 0 Å². The molecule has 1 unspecified atom stereocenters. The zero-order valence-electron chi connectivity index (χ0n) is 22.0. The van der Waals surface area contributed by atoms with Crippen molar-refractivity contribution in [2.75, 3.05) is 17.7 Å². The molecule has 0 saturated carbocycles. The Morgan fingerprint density at radius 3 is 2.30 bits per heavy atom. The van der Waals surface area contributed by atoms with E-state index in [-0.39, 0.29) is 18.9 Å². The van der Waals surface area contributed by atoms with Gasteiger partial charge in [0.25, 0.3) is 5.91 Å². The first-order valence-electron chi connectivity index (χ1n) is 12.1. The molecule has 2 aromatic carbocycles. The number of carboxylic acids is 1. The molecule has 3 rings (SSSR count). The normalized spacial score (nSPS) is 15.6. The van der Waals surface area contributed by atoms with Gasteiger partial charge in [-0.15, -0.1) is 0 Å². The maximum absolute atomic E-state index is 13.3. The fraction of sp³-hybridized carbons (Fsp3) is 0.407. The summed E-state index contributed by atoms with van der Waals surface area (Å²) in [7, 11) is 1.46. The number of amides is 5. The minimum Gasteiger partial charge on any atom is -0.495 e. The lowest BCUT2D eigenvalue weighted by Gasteiger charge is -2.28. The number of imide groups is 1.